The van der Waals surface area contributed by atoms with Gasteiger partial charge in [-0.05, 0) is 55.7 Å². The Hall–Kier alpha value is -2.98. The van der Waals surface area contributed by atoms with Gasteiger partial charge in [0.2, 0.25) is 0 Å². The fourth-order valence-electron chi connectivity index (χ4n) is 3.98. The van der Waals surface area contributed by atoms with Crippen LogP contribution in [0.3, 0.4) is 0 Å². The van der Waals surface area contributed by atoms with Gasteiger partial charge in [-0.3, -0.25) is 0 Å². The number of rotatable bonds is 8. The lowest BCUT2D eigenvalue weighted by atomic mass is 10.1. The molecular formula is C26H26O4. The molecule has 2 heterocycles. The van der Waals surface area contributed by atoms with Gasteiger partial charge in [-0.1, -0.05) is 25.5 Å². The summed E-state index contributed by atoms with van der Waals surface area (Å²) in [5, 5.41) is 4.32. The second-order valence-corrected chi connectivity index (χ2v) is 7.69. The first-order chi connectivity index (χ1) is 14.8. The van der Waals surface area contributed by atoms with Crippen LogP contribution in [0.2, 0.25) is 0 Å². The van der Waals surface area contributed by atoms with Crippen LogP contribution in [0.15, 0.2) is 57.4 Å². The minimum absolute atomic E-state index is 0.727. The van der Waals surface area contributed by atoms with Gasteiger partial charge in [-0.25, -0.2) is 0 Å². The highest BCUT2D eigenvalue weighted by atomic mass is 16.5. The molecule has 0 aliphatic rings. The molecule has 0 atom stereocenters. The molecule has 5 aromatic rings. The molecule has 0 aliphatic carbocycles. The lowest BCUT2D eigenvalue weighted by Crippen LogP contribution is -1.97. The highest BCUT2D eigenvalue weighted by Gasteiger charge is 2.14. The third kappa shape index (κ3) is 3.41. The highest BCUT2D eigenvalue weighted by molar-refractivity contribution is 6.14. The van der Waals surface area contributed by atoms with Crippen molar-refractivity contribution in [1.82, 2.24) is 0 Å². The smallest absolute Gasteiger partial charge is 0.139 e. The topological polar surface area (TPSA) is 44.7 Å². The zero-order chi connectivity index (χ0) is 20.5. The lowest BCUT2D eigenvalue weighted by Gasteiger charge is -2.04. The van der Waals surface area contributed by atoms with Crippen molar-refractivity contribution in [3.05, 3.63) is 54.1 Å². The molecule has 0 fully saturated rings. The van der Waals surface area contributed by atoms with Crippen molar-refractivity contribution in [2.24, 2.45) is 0 Å². The van der Waals surface area contributed by atoms with Crippen LogP contribution < -0.4 is 4.74 Å². The first-order valence-corrected chi connectivity index (χ1v) is 10.8. The molecule has 0 unspecified atom stereocenters. The summed E-state index contributed by atoms with van der Waals surface area (Å²) in [6, 6.07) is 16.7. The fraction of sp³-hybridized carbons (Fsp3) is 0.308. The standard InChI is InChI=1S/C26H26O4/c1-3-5-11-28-18-7-9-20-22-16-25-21(15-26(22)30-24(20)14-18)19-8-6-17(10-12-27-4-2)13-23(19)29-25/h6-9,13-16H,3-5,10-12H2,1-2H3. The summed E-state index contributed by atoms with van der Waals surface area (Å²) in [5.41, 5.74) is 4.72. The normalized spacial score (nSPS) is 11.9. The van der Waals surface area contributed by atoms with E-state index in [1.54, 1.807) is 0 Å². The van der Waals surface area contributed by atoms with Crippen LogP contribution in [0.5, 0.6) is 5.75 Å². The maximum absolute atomic E-state index is 6.21. The maximum atomic E-state index is 6.21. The van der Waals surface area contributed by atoms with Gasteiger partial charge in [0.05, 0.1) is 13.2 Å². The lowest BCUT2D eigenvalue weighted by molar-refractivity contribution is 0.151. The highest BCUT2D eigenvalue weighted by Crippen LogP contribution is 2.37. The first kappa shape index (κ1) is 19.0. The van der Waals surface area contributed by atoms with Crippen LogP contribution in [0, 0.1) is 0 Å². The average Bonchev–Trinajstić information content (AvgIpc) is 3.28. The zero-order valence-electron chi connectivity index (χ0n) is 17.5. The molecule has 30 heavy (non-hydrogen) atoms. The van der Waals surface area contributed by atoms with Crippen molar-refractivity contribution in [1.29, 1.82) is 0 Å². The molecule has 0 saturated carbocycles. The van der Waals surface area contributed by atoms with E-state index in [4.69, 9.17) is 18.3 Å². The minimum Gasteiger partial charge on any atom is -0.493 e. The second-order valence-electron chi connectivity index (χ2n) is 7.69. The Bertz CT molecular complexity index is 1220. The third-order valence-electron chi connectivity index (χ3n) is 5.61. The molecule has 0 radical (unpaired) electrons. The molecule has 0 spiro atoms. The van der Waals surface area contributed by atoms with Gasteiger partial charge >= 0.3 is 0 Å². The summed E-state index contributed by atoms with van der Waals surface area (Å²) in [6.07, 6.45) is 3.05. The number of furan rings is 2. The van der Waals surface area contributed by atoms with E-state index in [9.17, 15) is 0 Å². The summed E-state index contributed by atoms with van der Waals surface area (Å²) >= 11 is 0. The zero-order valence-corrected chi connectivity index (χ0v) is 17.5. The van der Waals surface area contributed by atoms with Gasteiger partial charge in [-0.2, -0.15) is 0 Å². The number of fused-ring (bicyclic) bond motifs is 6. The molecule has 3 aromatic carbocycles. The Balaban J connectivity index is 1.54. The van der Waals surface area contributed by atoms with E-state index in [0.717, 1.165) is 88.7 Å². The van der Waals surface area contributed by atoms with Crippen molar-refractivity contribution in [3.8, 4) is 5.75 Å². The molecule has 0 amide bonds. The number of hydrogen-bond donors (Lipinski definition) is 0. The summed E-state index contributed by atoms with van der Waals surface area (Å²) in [6.45, 7) is 6.38. The third-order valence-corrected chi connectivity index (χ3v) is 5.61. The van der Waals surface area contributed by atoms with Gasteiger partial charge in [0.15, 0.2) is 0 Å². The molecule has 0 bridgehead atoms. The van der Waals surface area contributed by atoms with Crippen molar-refractivity contribution in [3.63, 3.8) is 0 Å². The van der Waals surface area contributed by atoms with Crippen LogP contribution in [-0.4, -0.2) is 19.8 Å². The van der Waals surface area contributed by atoms with Crippen LogP contribution in [0.4, 0.5) is 0 Å². The molecule has 0 aliphatic heterocycles. The Morgan fingerprint density at radius 2 is 1.37 bits per heavy atom. The quantitative estimate of drug-likeness (QED) is 0.257. The molecule has 5 rings (SSSR count). The summed E-state index contributed by atoms with van der Waals surface area (Å²) < 4.78 is 23.7. The monoisotopic (exact) mass is 402 g/mol. The molecule has 154 valence electrons. The van der Waals surface area contributed by atoms with Crippen molar-refractivity contribution >= 4 is 43.9 Å². The van der Waals surface area contributed by atoms with Gasteiger partial charge in [0.1, 0.15) is 28.1 Å². The van der Waals surface area contributed by atoms with E-state index in [2.05, 4.69) is 43.3 Å². The summed E-state index contributed by atoms with van der Waals surface area (Å²) in [7, 11) is 0. The Morgan fingerprint density at radius 3 is 2.07 bits per heavy atom. The predicted octanol–water partition coefficient (Wildman–Crippen LogP) is 7.24. The molecule has 2 aromatic heterocycles. The SMILES string of the molecule is CCCCOc1ccc2c(c1)oc1cc3c(cc12)oc1cc(CCOCC)ccc13. The molecule has 0 saturated heterocycles. The predicted molar refractivity (Wildman–Crippen MR) is 122 cm³/mol. The second kappa shape index (κ2) is 8.04. The van der Waals surface area contributed by atoms with Gasteiger partial charge in [0.25, 0.3) is 0 Å². The van der Waals surface area contributed by atoms with E-state index < -0.39 is 0 Å². The van der Waals surface area contributed by atoms with Crippen molar-refractivity contribution in [2.75, 3.05) is 19.8 Å². The molecular weight excluding hydrogens is 376 g/mol. The first-order valence-electron chi connectivity index (χ1n) is 10.8. The summed E-state index contributed by atoms with van der Waals surface area (Å²) in [4.78, 5) is 0. The number of ether oxygens (including phenoxy) is 2. The average molecular weight is 402 g/mol. The van der Waals surface area contributed by atoms with E-state index in [0.29, 0.717) is 0 Å². The van der Waals surface area contributed by atoms with E-state index >= 15 is 0 Å². The summed E-state index contributed by atoms with van der Waals surface area (Å²) in [5.74, 6) is 0.851. The van der Waals surface area contributed by atoms with Gasteiger partial charge < -0.3 is 18.3 Å². The van der Waals surface area contributed by atoms with Gasteiger partial charge in [-0.15, -0.1) is 0 Å². The molecule has 0 N–H and O–H groups in total. The number of hydrogen-bond acceptors (Lipinski definition) is 4. The van der Waals surface area contributed by atoms with Crippen molar-refractivity contribution in [2.45, 2.75) is 33.1 Å². The Kier molecular flexibility index (Phi) is 5.09. The Morgan fingerprint density at radius 1 is 0.700 bits per heavy atom. The number of unbranched alkanes of at least 4 members (excludes halogenated alkanes) is 1. The van der Waals surface area contributed by atoms with Crippen molar-refractivity contribution < 1.29 is 18.3 Å². The van der Waals surface area contributed by atoms with E-state index in [1.165, 1.54) is 5.56 Å². The van der Waals surface area contributed by atoms with Crippen LogP contribution in [0.1, 0.15) is 32.3 Å². The molecule has 4 nitrogen and oxygen atoms in total. The fourth-order valence-corrected chi connectivity index (χ4v) is 3.98. The van der Waals surface area contributed by atoms with Crippen LogP contribution >= 0.6 is 0 Å². The molecule has 4 heteroatoms. The minimum atomic E-state index is 0.727. The largest absolute Gasteiger partial charge is 0.493 e. The Labute approximate surface area is 175 Å². The van der Waals surface area contributed by atoms with Crippen LogP contribution in [-0.2, 0) is 11.2 Å². The maximum Gasteiger partial charge on any atom is 0.139 e. The van der Waals surface area contributed by atoms with Gasteiger partial charge in [0, 0.05) is 34.2 Å². The van der Waals surface area contributed by atoms with Crippen LogP contribution in [0.25, 0.3) is 43.9 Å². The number of benzene rings is 3. The van der Waals surface area contributed by atoms with E-state index in [-0.39, 0.29) is 0 Å². The van der Waals surface area contributed by atoms with E-state index in [1.807, 2.05) is 19.1 Å².